The Bertz CT molecular complexity index is 218. The lowest BCUT2D eigenvalue weighted by Crippen LogP contribution is -2.28. The van der Waals surface area contributed by atoms with Crippen LogP contribution in [0.5, 0.6) is 0 Å². The predicted octanol–water partition coefficient (Wildman–Crippen LogP) is 1.78. The second-order valence-electron chi connectivity index (χ2n) is 3.02. The topological polar surface area (TPSA) is 20.2 Å². The van der Waals surface area contributed by atoms with E-state index in [-0.39, 0.29) is 0 Å². The Morgan fingerprint density at radius 1 is 1.50 bits per heavy atom. The van der Waals surface area contributed by atoms with Crippen LogP contribution in [-0.4, -0.2) is 13.1 Å². The minimum Gasteiger partial charge on any atom is -0.428 e. The molecule has 1 nitrogen and oxygen atoms in total. The molecular weight excluding hydrogens is 140 g/mol. The summed E-state index contributed by atoms with van der Waals surface area (Å²) in [6, 6.07) is 0. The van der Waals surface area contributed by atoms with Crippen molar-refractivity contribution in [3.8, 4) is 0 Å². The first kappa shape index (κ1) is 7.50. The number of hydrogen-bond acceptors (Lipinski definition) is 1. The minimum absolute atomic E-state index is 0.971. The van der Waals surface area contributed by atoms with Gasteiger partial charge in [0.15, 0.2) is 0 Å². The highest BCUT2D eigenvalue weighted by molar-refractivity contribution is 6.78. The Hall–Kier alpha value is -0.603. The molecule has 2 heteroatoms. The predicted molar refractivity (Wildman–Crippen MR) is 46.1 cm³/mol. The minimum atomic E-state index is -2.09. The van der Waals surface area contributed by atoms with Crippen LogP contribution in [0.1, 0.15) is 0 Å². The van der Waals surface area contributed by atoms with Gasteiger partial charge in [0.1, 0.15) is 0 Å². The van der Waals surface area contributed by atoms with E-state index in [0.29, 0.717) is 0 Å². The fraction of sp³-hybridized carbons (Fsp3) is 0.250. The van der Waals surface area contributed by atoms with Crippen LogP contribution in [0, 0.1) is 0 Å². The van der Waals surface area contributed by atoms with Crippen LogP contribution in [0.15, 0.2) is 35.6 Å². The number of hydrogen-bond donors (Lipinski definition) is 1. The molecule has 54 valence electrons. The highest BCUT2D eigenvalue weighted by Gasteiger charge is 2.25. The van der Waals surface area contributed by atoms with E-state index >= 15 is 0 Å². The van der Waals surface area contributed by atoms with Gasteiger partial charge in [0.2, 0.25) is 8.32 Å². The van der Waals surface area contributed by atoms with E-state index in [0.717, 1.165) is 10.8 Å². The van der Waals surface area contributed by atoms with E-state index in [4.69, 9.17) is 0 Å². The molecule has 0 aromatic rings. The van der Waals surface area contributed by atoms with Gasteiger partial charge in [-0.1, -0.05) is 24.8 Å². The van der Waals surface area contributed by atoms with Crippen molar-refractivity contribution in [2.24, 2.45) is 0 Å². The molecule has 0 saturated carbocycles. The van der Waals surface area contributed by atoms with Gasteiger partial charge in [-0.3, -0.25) is 0 Å². The summed E-state index contributed by atoms with van der Waals surface area (Å²) in [4.78, 5) is 9.66. The maximum atomic E-state index is 9.66. The average Bonchev–Trinajstić information content (AvgIpc) is 2.11. The van der Waals surface area contributed by atoms with E-state index < -0.39 is 8.32 Å². The van der Waals surface area contributed by atoms with Crippen LogP contribution in [0.2, 0.25) is 13.1 Å². The summed E-state index contributed by atoms with van der Waals surface area (Å²) >= 11 is 0. The van der Waals surface area contributed by atoms with Gasteiger partial charge in [0, 0.05) is 0 Å². The van der Waals surface area contributed by atoms with Gasteiger partial charge in [-0.05, 0) is 23.9 Å². The zero-order valence-electron chi connectivity index (χ0n) is 6.39. The fourth-order valence-electron chi connectivity index (χ4n) is 1.05. The summed E-state index contributed by atoms with van der Waals surface area (Å²) in [5.74, 6) is 0. The molecule has 0 heterocycles. The molecule has 0 unspecified atom stereocenters. The van der Waals surface area contributed by atoms with E-state index in [2.05, 4.69) is 6.58 Å². The number of allylic oxidation sites excluding steroid dienone is 5. The normalized spacial score (nSPS) is 17.9. The van der Waals surface area contributed by atoms with Crippen LogP contribution in [0.4, 0.5) is 0 Å². The third-order valence-corrected chi connectivity index (χ3v) is 3.37. The molecule has 1 N–H and O–H groups in total. The maximum Gasteiger partial charge on any atom is 0.214 e. The van der Waals surface area contributed by atoms with Crippen molar-refractivity contribution in [2.45, 2.75) is 13.1 Å². The van der Waals surface area contributed by atoms with E-state index in [1.807, 2.05) is 31.3 Å². The first-order chi connectivity index (χ1) is 4.52. The van der Waals surface area contributed by atoms with Gasteiger partial charge >= 0.3 is 0 Å². The van der Waals surface area contributed by atoms with Gasteiger partial charge in [-0.15, -0.1) is 0 Å². The first-order valence-electron chi connectivity index (χ1n) is 3.32. The second kappa shape index (κ2) is 2.22. The summed E-state index contributed by atoms with van der Waals surface area (Å²) in [6.45, 7) is 7.62. The quantitative estimate of drug-likeness (QED) is 0.568. The number of rotatable bonds is 1. The summed E-state index contributed by atoms with van der Waals surface area (Å²) < 4.78 is 0. The van der Waals surface area contributed by atoms with Crippen LogP contribution in [0.3, 0.4) is 0 Å². The first-order valence-corrected chi connectivity index (χ1v) is 6.27. The molecule has 10 heavy (non-hydrogen) atoms. The molecule has 0 aromatic carbocycles. The van der Waals surface area contributed by atoms with Crippen LogP contribution in [-0.2, 0) is 0 Å². The summed E-state index contributed by atoms with van der Waals surface area (Å²) in [6.07, 6.45) is 5.82. The zero-order chi connectivity index (χ0) is 7.78. The molecule has 0 amide bonds. The van der Waals surface area contributed by atoms with Crippen LogP contribution < -0.4 is 0 Å². The van der Waals surface area contributed by atoms with E-state index in [9.17, 15) is 4.80 Å². The molecule has 0 bridgehead atoms. The molecule has 0 radical (unpaired) electrons. The Kier molecular flexibility index (Phi) is 1.66. The van der Waals surface area contributed by atoms with Crippen molar-refractivity contribution in [3.05, 3.63) is 35.6 Å². The van der Waals surface area contributed by atoms with Gasteiger partial charge in [0.05, 0.1) is 0 Å². The van der Waals surface area contributed by atoms with E-state index in [1.165, 1.54) is 0 Å². The van der Waals surface area contributed by atoms with Crippen molar-refractivity contribution >= 4 is 8.32 Å². The van der Waals surface area contributed by atoms with Gasteiger partial charge in [-0.25, -0.2) is 0 Å². The SMILES string of the molecule is C=C1C=CC=C1[Si](C)(C)O. The van der Waals surface area contributed by atoms with Crippen molar-refractivity contribution in [1.29, 1.82) is 0 Å². The summed E-state index contributed by atoms with van der Waals surface area (Å²) in [5, 5.41) is 1.05. The van der Waals surface area contributed by atoms with Gasteiger partial charge < -0.3 is 4.80 Å². The highest BCUT2D eigenvalue weighted by Crippen LogP contribution is 2.24. The second-order valence-corrected chi connectivity index (χ2v) is 6.68. The van der Waals surface area contributed by atoms with Gasteiger partial charge in [-0.2, -0.15) is 0 Å². The molecule has 0 aromatic heterocycles. The Morgan fingerprint density at radius 2 is 2.10 bits per heavy atom. The lowest BCUT2D eigenvalue weighted by Gasteiger charge is -2.16. The zero-order valence-corrected chi connectivity index (χ0v) is 7.39. The smallest absolute Gasteiger partial charge is 0.214 e. The molecule has 0 saturated heterocycles. The summed E-state index contributed by atoms with van der Waals surface area (Å²) in [5.41, 5.74) is 0.971. The molecule has 0 fully saturated rings. The van der Waals surface area contributed by atoms with Crippen molar-refractivity contribution in [2.75, 3.05) is 0 Å². The molecule has 0 spiro atoms. The summed E-state index contributed by atoms with van der Waals surface area (Å²) in [7, 11) is -2.09. The van der Waals surface area contributed by atoms with Crippen molar-refractivity contribution in [1.82, 2.24) is 0 Å². The molecular formula is C8H12OSi. The monoisotopic (exact) mass is 152 g/mol. The Balaban J connectivity index is 2.88. The van der Waals surface area contributed by atoms with Crippen molar-refractivity contribution < 1.29 is 4.80 Å². The van der Waals surface area contributed by atoms with Gasteiger partial charge in [0.25, 0.3) is 0 Å². The molecule has 1 aliphatic rings. The largest absolute Gasteiger partial charge is 0.428 e. The third kappa shape index (κ3) is 1.28. The molecule has 1 rings (SSSR count). The Morgan fingerprint density at radius 3 is 2.30 bits per heavy atom. The molecule has 1 aliphatic carbocycles. The molecule has 0 atom stereocenters. The maximum absolute atomic E-state index is 9.66. The third-order valence-electron chi connectivity index (χ3n) is 1.57. The lowest BCUT2D eigenvalue weighted by molar-refractivity contribution is 0.563. The van der Waals surface area contributed by atoms with Crippen molar-refractivity contribution in [3.63, 3.8) is 0 Å². The van der Waals surface area contributed by atoms with E-state index in [1.54, 1.807) is 0 Å². The standard InChI is InChI=1S/C8H12OSi/c1-7-5-4-6-8(7)10(2,3)9/h4-6,9H,1H2,2-3H3. The Labute approximate surface area is 62.5 Å². The average molecular weight is 152 g/mol. The van der Waals surface area contributed by atoms with Crippen LogP contribution >= 0.6 is 0 Å². The van der Waals surface area contributed by atoms with Crippen LogP contribution in [0.25, 0.3) is 0 Å². The fourth-order valence-corrected chi connectivity index (χ4v) is 2.43. The highest BCUT2D eigenvalue weighted by atomic mass is 28.4. The lowest BCUT2D eigenvalue weighted by atomic mass is 10.3. The molecule has 0 aliphatic heterocycles.